The zero-order valence-corrected chi connectivity index (χ0v) is 12.9. The maximum atomic E-state index is 12.4. The van der Waals surface area contributed by atoms with Gasteiger partial charge >= 0.3 is 5.97 Å². The molecule has 1 aliphatic carbocycles. The Hall–Kier alpha value is -2.96. The SMILES string of the molecule is O=C(O)CC1(NC(=O)c2ccc(=O)n(-c3ccccc3)n2)CCC1. The number of nitrogens with one attached hydrogen (secondary N) is 1. The Morgan fingerprint density at radius 1 is 1.17 bits per heavy atom. The molecule has 0 saturated heterocycles. The molecule has 7 heteroatoms. The molecule has 1 aliphatic rings. The molecule has 2 aromatic rings. The minimum Gasteiger partial charge on any atom is -0.481 e. The van der Waals surface area contributed by atoms with Crippen molar-refractivity contribution in [2.75, 3.05) is 0 Å². The molecule has 124 valence electrons. The van der Waals surface area contributed by atoms with Gasteiger partial charge in [0.1, 0.15) is 5.69 Å². The molecule has 0 radical (unpaired) electrons. The summed E-state index contributed by atoms with van der Waals surface area (Å²) in [5.74, 6) is -1.42. The van der Waals surface area contributed by atoms with Crippen molar-refractivity contribution in [1.82, 2.24) is 15.1 Å². The van der Waals surface area contributed by atoms with Gasteiger partial charge in [0.05, 0.1) is 17.6 Å². The number of aromatic nitrogens is 2. The summed E-state index contributed by atoms with van der Waals surface area (Å²) in [6.07, 6.45) is 2.02. The molecule has 1 heterocycles. The normalized spacial score (nSPS) is 15.3. The fraction of sp³-hybridized carbons (Fsp3) is 0.294. The summed E-state index contributed by atoms with van der Waals surface area (Å²) >= 11 is 0. The number of rotatable bonds is 5. The van der Waals surface area contributed by atoms with Crippen molar-refractivity contribution in [2.45, 2.75) is 31.2 Å². The van der Waals surface area contributed by atoms with Gasteiger partial charge in [-0.1, -0.05) is 18.2 Å². The van der Waals surface area contributed by atoms with Gasteiger partial charge in [-0.25, -0.2) is 0 Å². The van der Waals surface area contributed by atoms with E-state index in [1.54, 1.807) is 24.3 Å². The van der Waals surface area contributed by atoms with Gasteiger partial charge in [0.15, 0.2) is 0 Å². The summed E-state index contributed by atoms with van der Waals surface area (Å²) in [5, 5.41) is 15.9. The Bertz CT molecular complexity index is 825. The first-order valence-corrected chi connectivity index (χ1v) is 7.69. The number of amides is 1. The number of nitrogens with zero attached hydrogens (tertiary/aromatic N) is 2. The van der Waals surface area contributed by atoms with Crippen LogP contribution in [0, 0.1) is 0 Å². The van der Waals surface area contributed by atoms with Crippen LogP contribution in [0.4, 0.5) is 0 Å². The lowest BCUT2D eigenvalue weighted by molar-refractivity contribution is -0.139. The van der Waals surface area contributed by atoms with Crippen molar-refractivity contribution in [3.05, 3.63) is 58.5 Å². The van der Waals surface area contributed by atoms with Crippen molar-refractivity contribution >= 4 is 11.9 Å². The lowest BCUT2D eigenvalue weighted by atomic mass is 9.74. The molecule has 0 aliphatic heterocycles. The first-order chi connectivity index (χ1) is 11.5. The van der Waals surface area contributed by atoms with Crippen molar-refractivity contribution < 1.29 is 14.7 Å². The number of carbonyl (C=O) groups is 2. The molecule has 0 spiro atoms. The smallest absolute Gasteiger partial charge is 0.305 e. The Morgan fingerprint density at radius 3 is 2.46 bits per heavy atom. The van der Waals surface area contributed by atoms with Crippen LogP contribution in [0.1, 0.15) is 36.2 Å². The standard InChI is InChI=1S/C17H17N3O4/c21-14-8-7-13(19-20(14)12-5-2-1-3-6-12)16(24)18-17(9-4-10-17)11-15(22)23/h1-3,5-8H,4,9-11H2,(H,18,24)(H,22,23). The van der Waals surface area contributed by atoms with Crippen LogP contribution in [0.3, 0.4) is 0 Å². The third kappa shape index (κ3) is 3.19. The molecule has 3 rings (SSSR count). The Kier molecular flexibility index (Phi) is 4.16. The minimum absolute atomic E-state index is 0.0788. The van der Waals surface area contributed by atoms with E-state index in [0.29, 0.717) is 18.5 Å². The largest absolute Gasteiger partial charge is 0.481 e. The van der Waals surface area contributed by atoms with Gasteiger partial charge in [0.25, 0.3) is 11.5 Å². The maximum absolute atomic E-state index is 12.4. The van der Waals surface area contributed by atoms with E-state index < -0.39 is 17.4 Å². The minimum atomic E-state index is -0.947. The van der Waals surface area contributed by atoms with Gasteiger partial charge in [0, 0.05) is 6.07 Å². The third-order valence-corrected chi connectivity index (χ3v) is 4.21. The quantitative estimate of drug-likeness (QED) is 0.863. The lowest BCUT2D eigenvalue weighted by Crippen LogP contribution is -2.55. The summed E-state index contributed by atoms with van der Waals surface area (Å²) in [4.78, 5) is 35.4. The number of aliphatic carboxylic acids is 1. The van der Waals surface area contributed by atoms with Gasteiger partial charge < -0.3 is 10.4 Å². The van der Waals surface area contributed by atoms with Crippen LogP contribution in [0.2, 0.25) is 0 Å². The van der Waals surface area contributed by atoms with Crippen LogP contribution < -0.4 is 10.9 Å². The highest BCUT2D eigenvalue weighted by Crippen LogP contribution is 2.35. The number of hydrogen-bond acceptors (Lipinski definition) is 4. The molecule has 24 heavy (non-hydrogen) atoms. The number of carboxylic acid groups (broad SMARTS) is 1. The summed E-state index contributed by atoms with van der Waals surface area (Å²) in [6, 6.07) is 11.4. The van der Waals surface area contributed by atoms with Crippen molar-refractivity contribution in [2.24, 2.45) is 0 Å². The first-order valence-electron chi connectivity index (χ1n) is 7.69. The van der Waals surface area contributed by atoms with E-state index in [1.807, 2.05) is 6.07 Å². The van der Waals surface area contributed by atoms with Crippen LogP contribution in [-0.2, 0) is 4.79 Å². The lowest BCUT2D eigenvalue weighted by Gasteiger charge is -2.41. The number of benzene rings is 1. The van der Waals surface area contributed by atoms with E-state index in [0.717, 1.165) is 11.1 Å². The average Bonchev–Trinajstić information content (AvgIpc) is 2.53. The second-order valence-electron chi connectivity index (χ2n) is 5.96. The fourth-order valence-corrected chi connectivity index (χ4v) is 2.83. The zero-order chi connectivity index (χ0) is 17.2. The van der Waals surface area contributed by atoms with Gasteiger partial charge in [-0.2, -0.15) is 9.78 Å². The van der Waals surface area contributed by atoms with Gasteiger partial charge in [-0.05, 0) is 37.5 Å². The zero-order valence-electron chi connectivity index (χ0n) is 12.9. The van der Waals surface area contributed by atoms with Crippen LogP contribution in [-0.4, -0.2) is 32.3 Å². The molecule has 0 atom stereocenters. The number of hydrogen-bond donors (Lipinski definition) is 2. The molecule has 2 N–H and O–H groups in total. The van der Waals surface area contributed by atoms with E-state index in [-0.39, 0.29) is 17.7 Å². The van der Waals surface area contributed by atoms with Gasteiger partial charge in [-0.15, -0.1) is 0 Å². The monoisotopic (exact) mass is 327 g/mol. The second-order valence-corrected chi connectivity index (χ2v) is 5.96. The molecule has 1 fully saturated rings. The molecule has 1 aromatic carbocycles. The summed E-state index contributed by atoms with van der Waals surface area (Å²) in [7, 11) is 0. The molecular formula is C17H17N3O4. The maximum Gasteiger partial charge on any atom is 0.305 e. The first kappa shape index (κ1) is 15.9. The van der Waals surface area contributed by atoms with Crippen molar-refractivity contribution in [1.29, 1.82) is 0 Å². The van der Waals surface area contributed by atoms with E-state index in [1.165, 1.54) is 12.1 Å². The van der Waals surface area contributed by atoms with Gasteiger partial charge in [-0.3, -0.25) is 14.4 Å². The molecule has 0 bridgehead atoms. The Morgan fingerprint density at radius 2 is 1.88 bits per heavy atom. The highest BCUT2D eigenvalue weighted by Gasteiger charge is 2.40. The molecule has 1 saturated carbocycles. The highest BCUT2D eigenvalue weighted by molar-refractivity contribution is 5.93. The van der Waals surface area contributed by atoms with E-state index >= 15 is 0 Å². The van der Waals surface area contributed by atoms with E-state index in [2.05, 4.69) is 10.4 Å². The molecule has 1 aromatic heterocycles. The summed E-state index contributed by atoms with van der Waals surface area (Å²) in [6.45, 7) is 0. The fourth-order valence-electron chi connectivity index (χ4n) is 2.83. The predicted octanol–water partition coefficient (Wildman–Crippen LogP) is 1.36. The molecule has 0 unspecified atom stereocenters. The second kappa shape index (κ2) is 6.27. The van der Waals surface area contributed by atoms with Crippen molar-refractivity contribution in [3.8, 4) is 5.69 Å². The van der Waals surface area contributed by atoms with Crippen LogP contribution in [0.15, 0.2) is 47.3 Å². The number of para-hydroxylation sites is 1. The molecule has 1 amide bonds. The summed E-state index contributed by atoms with van der Waals surface area (Å²) < 4.78 is 1.15. The molecular weight excluding hydrogens is 310 g/mol. The van der Waals surface area contributed by atoms with E-state index in [4.69, 9.17) is 5.11 Å². The topological polar surface area (TPSA) is 101 Å². The van der Waals surface area contributed by atoms with Crippen LogP contribution >= 0.6 is 0 Å². The summed E-state index contributed by atoms with van der Waals surface area (Å²) in [5.41, 5.74) is -0.420. The Labute approximate surface area is 137 Å². The Balaban J connectivity index is 1.86. The average molecular weight is 327 g/mol. The highest BCUT2D eigenvalue weighted by atomic mass is 16.4. The number of carboxylic acids is 1. The van der Waals surface area contributed by atoms with Gasteiger partial charge in [0.2, 0.25) is 0 Å². The predicted molar refractivity (Wildman–Crippen MR) is 86.1 cm³/mol. The van der Waals surface area contributed by atoms with Crippen molar-refractivity contribution in [3.63, 3.8) is 0 Å². The number of carbonyl (C=O) groups excluding carboxylic acids is 1. The van der Waals surface area contributed by atoms with E-state index in [9.17, 15) is 14.4 Å². The molecule has 7 nitrogen and oxygen atoms in total. The third-order valence-electron chi connectivity index (χ3n) is 4.21. The van der Waals surface area contributed by atoms with Crippen LogP contribution in [0.25, 0.3) is 5.69 Å². The van der Waals surface area contributed by atoms with Crippen LogP contribution in [0.5, 0.6) is 0 Å².